The van der Waals surface area contributed by atoms with Gasteiger partial charge in [0.2, 0.25) is 11.8 Å². The number of carbonyl (C=O) groups is 2. The minimum Gasteiger partial charge on any atom is -0.350 e. The average Bonchev–Trinajstić information content (AvgIpc) is 2.97. The zero-order valence-electron chi connectivity index (χ0n) is 13.4. The molecule has 0 bridgehead atoms. The summed E-state index contributed by atoms with van der Waals surface area (Å²) in [5.41, 5.74) is 0.879. The normalized spacial score (nSPS) is 24.7. The summed E-state index contributed by atoms with van der Waals surface area (Å²) in [6.07, 6.45) is 2.80. The number of benzene rings is 1. The van der Waals surface area contributed by atoms with Crippen molar-refractivity contribution in [1.82, 2.24) is 15.5 Å². The lowest BCUT2D eigenvalue weighted by Gasteiger charge is -2.24. The van der Waals surface area contributed by atoms with Crippen molar-refractivity contribution in [3.05, 3.63) is 34.6 Å². The molecule has 3 rings (SSSR count). The Morgan fingerprint density at radius 1 is 1.42 bits per heavy atom. The summed E-state index contributed by atoms with van der Waals surface area (Å²) in [5.74, 6) is -0.500. The van der Waals surface area contributed by atoms with Crippen LogP contribution in [-0.4, -0.2) is 41.9 Å². The highest BCUT2D eigenvalue weighted by Gasteiger charge is 2.29. The van der Waals surface area contributed by atoms with Gasteiger partial charge in [-0.1, -0.05) is 17.7 Å². The third kappa shape index (κ3) is 4.24. The fraction of sp³-hybridized carbons (Fsp3) is 0.529. The van der Waals surface area contributed by atoms with Gasteiger partial charge in [-0.25, -0.2) is 4.39 Å². The summed E-state index contributed by atoms with van der Waals surface area (Å²) >= 11 is 6.07. The molecule has 0 aromatic heterocycles. The Balaban J connectivity index is 1.50. The Morgan fingerprint density at radius 3 is 3.00 bits per heavy atom. The molecule has 5 nitrogen and oxygen atoms in total. The van der Waals surface area contributed by atoms with Crippen LogP contribution >= 0.6 is 11.6 Å². The van der Waals surface area contributed by atoms with Crippen LogP contribution in [0.5, 0.6) is 0 Å². The predicted octanol–water partition coefficient (Wildman–Crippen LogP) is 1.84. The van der Waals surface area contributed by atoms with Gasteiger partial charge in [0.15, 0.2) is 0 Å². The molecule has 2 amide bonds. The van der Waals surface area contributed by atoms with Crippen LogP contribution in [-0.2, 0) is 16.1 Å². The number of nitrogens with zero attached hydrogens (tertiary/aromatic N) is 1. The molecule has 2 aliphatic heterocycles. The van der Waals surface area contributed by atoms with Gasteiger partial charge in [-0.3, -0.25) is 14.5 Å². The van der Waals surface area contributed by atoms with Crippen LogP contribution in [0.25, 0.3) is 0 Å². The second-order valence-electron chi connectivity index (χ2n) is 6.48. The molecule has 24 heavy (non-hydrogen) atoms. The number of hydrogen-bond acceptors (Lipinski definition) is 3. The van der Waals surface area contributed by atoms with Crippen molar-refractivity contribution >= 4 is 23.4 Å². The molecule has 0 spiro atoms. The lowest BCUT2D eigenvalue weighted by Crippen LogP contribution is -2.51. The summed E-state index contributed by atoms with van der Waals surface area (Å²) < 4.78 is 13.1. The van der Waals surface area contributed by atoms with Gasteiger partial charge in [-0.2, -0.15) is 0 Å². The highest BCUT2D eigenvalue weighted by molar-refractivity contribution is 6.31. The summed E-state index contributed by atoms with van der Waals surface area (Å²) in [6.45, 7) is 2.20. The third-order valence-electron chi connectivity index (χ3n) is 4.58. The number of piperidine rings is 1. The third-order valence-corrected chi connectivity index (χ3v) is 4.93. The number of amides is 2. The van der Waals surface area contributed by atoms with E-state index in [0.717, 1.165) is 31.5 Å². The molecule has 0 unspecified atom stereocenters. The SMILES string of the molecule is O=C1CCC[C@H](C(=O)N[C@@H]2CCN(Cc3ccc(F)cc3Cl)C2)N1. The van der Waals surface area contributed by atoms with E-state index in [9.17, 15) is 14.0 Å². The van der Waals surface area contributed by atoms with Crippen LogP contribution in [0.3, 0.4) is 0 Å². The molecule has 0 saturated carbocycles. The van der Waals surface area contributed by atoms with Gasteiger partial charge in [0.1, 0.15) is 11.9 Å². The van der Waals surface area contributed by atoms with E-state index in [0.29, 0.717) is 24.4 Å². The first kappa shape index (κ1) is 17.2. The first-order valence-electron chi connectivity index (χ1n) is 8.27. The maximum Gasteiger partial charge on any atom is 0.242 e. The maximum atomic E-state index is 13.1. The molecule has 2 atom stereocenters. The number of nitrogens with one attached hydrogen (secondary N) is 2. The van der Waals surface area contributed by atoms with Gasteiger partial charge in [0.25, 0.3) is 0 Å². The van der Waals surface area contributed by atoms with E-state index >= 15 is 0 Å². The Hall–Kier alpha value is -1.66. The maximum absolute atomic E-state index is 13.1. The summed E-state index contributed by atoms with van der Waals surface area (Å²) in [7, 11) is 0. The van der Waals surface area contributed by atoms with Crippen LogP contribution in [0.2, 0.25) is 5.02 Å². The van der Waals surface area contributed by atoms with E-state index in [2.05, 4.69) is 15.5 Å². The van der Waals surface area contributed by atoms with Crippen molar-refractivity contribution < 1.29 is 14.0 Å². The van der Waals surface area contributed by atoms with Gasteiger partial charge in [-0.15, -0.1) is 0 Å². The molecule has 2 fully saturated rings. The number of hydrogen-bond donors (Lipinski definition) is 2. The average molecular weight is 354 g/mol. The van der Waals surface area contributed by atoms with E-state index in [1.165, 1.54) is 12.1 Å². The van der Waals surface area contributed by atoms with E-state index < -0.39 is 6.04 Å². The first-order chi connectivity index (χ1) is 11.5. The van der Waals surface area contributed by atoms with E-state index in [1.807, 2.05) is 0 Å². The van der Waals surface area contributed by atoms with Crippen LogP contribution in [0.4, 0.5) is 4.39 Å². The van der Waals surface area contributed by atoms with Gasteiger partial charge in [-0.05, 0) is 37.0 Å². The monoisotopic (exact) mass is 353 g/mol. The molecular weight excluding hydrogens is 333 g/mol. The second kappa shape index (κ2) is 7.49. The molecule has 1 aromatic carbocycles. The highest BCUT2D eigenvalue weighted by Crippen LogP contribution is 2.21. The first-order valence-corrected chi connectivity index (χ1v) is 8.65. The Labute approximate surface area is 145 Å². The zero-order chi connectivity index (χ0) is 17.1. The summed E-state index contributed by atoms with van der Waals surface area (Å²) in [5, 5.41) is 6.18. The molecule has 2 N–H and O–H groups in total. The van der Waals surface area contributed by atoms with Crippen molar-refractivity contribution in [1.29, 1.82) is 0 Å². The second-order valence-corrected chi connectivity index (χ2v) is 6.88. The number of rotatable bonds is 4. The molecular formula is C17H21ClFN3O2. The van der Waals surface area contributed by atoms with E-state index in [4.69, 9.17) is 11.6 Å². The lowest BCUT2D eigenvalue weighted by atomic mass is 10.0. The molecule has 130 valence electrons. The largest absolute Gasteiger partial charge is 0.350 e. The summed E-state index contributed by atoms with van der Waals surface area (Å²) in [4.78, 5) is 25.8. The van der Waals surface area contributed by atoms with E-state index in [-0.39, 0.29) is 23.7 Å². The molecule has 0 aliphatic carbocycles. The highest BCUT2D eigenvalue weighted by atomic mass is 35.5. The Morgan fingerprint density at radius 2 is 2.25 bits per heavy atom. The fourth-order valence-electron chi connectivity index (χ4n) is 3.29. The minimum atomic E-state index is -0.410. The Bertz CT molecular complexity index is 640. The predicted molar refractivity (Wildman–Crippen MR) is 89.0 cm³/mol. The van der Waals surface area contributed by atoms with Crippen molar-refractivity contribution in [3.8, 4) is 0 Å². The van der Waals surface area contributed by atoms with Crippen LogP contribution in [0.15, 0.2) is 18.2 Å². The van der Waals surface area contributed by atoms with Crippen LogP contribution < -0.4 is 10.6 Å². The molecule has 7 heteroatoms. The topological polar surface area (TPSA) is 61.4 Å². The van der Waals surface area contributed by atoms with E-state index in [1.54, 1.807) is 6.07 Å². The van der Waals surface area contributed by atoms with Gasteiger partial charge >= 0.3 is 0 Å². The lowest BCUT2D eigenvalue weighted by molar-refractivity contribution is -0.131. The molecule has 0 radical (unpaired) electrons. The number of carbonyl (C=O) groups excluding carboxylic acids is 2. The molecule has 2 heterocycles. The minimum absolute atomic E-state index is 0.0552. The van der Waals surface area contributed by atoms with Gasteiger partial charge in [0.05, 0.1) is 0 Å². The number of likely N-dealkylation sites (tertiary alicyclic amines) is 1. The van der Waals surface area contributed by atoms with Crippen molar-refractivity contribution in [2.45, 2.75) is 44.3 Å². The standard InChI is InChI=1S/C17H21ClFN3O2/c18-14-8-12(19)5-4-11(14)9-22-7-6-13(10-22)20-17(24)15-2-1-3-16(23)21-15/h4-5,8,13,15H,1-3,6-7,9-10H2,(H,20,24)(H,21,23)/t13-,15-/m1/s1. The molecule has 2 saturated heterocycles. The quantitative estimate of drug-likeness (QED) is 0.868. The smallest absolute Gasteiger partial charge is 0.242 e. The van der Waals surface area contributed by atoms with Crippen molar-refractivity contribution in [2.75, 3.05) is 13.1 Å². The van der Waals surface area contributed by atoms with Gasteiger partial charge in [0, 0.05) is 37.1 Å². The Kier molecular flexibility index (Phi) is 5.36. The zero-order valence-corrected chi connectivity index (χ0v) is 14.1. The summed E-state index contributed by atoms with van der Waals surface area (Å²) in [6, 6.07) is 4.07. The van der Waals surface area contributed by atoms with Crippen LogP contribution in [0, 0.1) is 5.82 Å². The fourth-order valence-corrected chi connectivity index (χ4v) is 3.52. The van der Waals surface area contributed by atoms with Crippen molar-refractivity contribution in [2.24, 2.45) is 0 Å². The molecule has 1 aromatic rings. The van der Waals surface area contributed by atoms with Crippen LogP contribution in [0.1, 0.15) is 31.2 Å². The van der Waals surface area contributed by atoms with Crippen molar-refractivity contribution in [3.63, 3.8) is 0 Å². The molecule has 2 aliphatic rings. The van der Waals surface area contributed by atoms with Gasteiger partial charge < -0.3 is 10.6 Å². The number of halogens is 2.